The number of hydrogen-bond acceptors (Lipinski definition) is 4. The van der Waals surface area contributed by atoms with Crippen molar-refractivity contribution in [1.82, 2.24) is 14.7 Å². The van der Waals surface area contributed by atoms with E-state index in [1.165, 1.54) is 22.5 Å². The summed E-state index contributed by atoms with van der Waals surface area (Å²) in [6.07, 6.45) is 2.79. The molecule has 0 radical (unpaired) electrons. The fourth-order valence-corrected chi connectivity index (χ4v) is 5.25. The number of rotatable bonds is 4. The summed E-state index contributed by atoms with van der Waals surface area (Å²) < 4.78 is 0. The predicted octanol–water partition coefficient (Wildman–Crippen LogP) is 3.64. The maximum Gasteiger partial charge on any atom is 0.263 e. The number of likely N-dealkylation sites (tertiary alicyclic amines) is 1. The van der Waals surface area contributed by atoms with E-state index in [0.717, 1.165) is 63.4 Å². The van der Waals surface area contributed by atoms with Crippen LogP contribution in [-0.4, -0.2) is 65.8 Å². The van der Waals surface area contributed by atoms with E-state index >= 15 is 0 Å². The van der Waals surface area contributed by atoms with Gasteiger partial charge in [-0.1, -0.05) is 30.3 Å². The van der Waals surface area contributed by atoms with Crippen molar-refractivity contribution in [2.24, 2.45) is 5.92 Å². The summed E-state index contributed by atoms with van der Waals surface area (Å²) in [5.74, 6) is 0.241. The quantitative estimate of drug-likeness (QED) is 0.751. The molecule has 0 saturated carbocycles. The molecular formula is C24H31N3O2S. The van der Waals surface area contributed by atoms with Crippen LogP contribution in [0.1, 0.15) is 40.1 Å². The van der Waals surface area contributed by atoms with Gasteiger partial charge in [0.05, 0.1) is 10.8 Å². The van der Waals surface area contributed by atoms with Crippen LogP contribution in [0.15, 0.2) is 41.8 Å². The molecule has 1 unspecified atom stereocenters. The number of amides is 2. The molecule has 2 fully saturated rings. The Morgan fingerprint density at radius 3 is 2.60 bits per heavy atom. The Hall–Kier alpha value is -2.18. The highest BCUT2D eigenvalue weighted by Crippen LogP contribution is 2.23. The van der Waals surface area contributed by atoms with Crippen LogP contribution in [0.5, 0.6) is 0 Å². The zero-order valence-electron chi connectivity index (χ0n) is 17.8. The van der Waals surface area contributed by atoms with Crippen LogP contribution in [-0.2, 0) is 11.3 Å². The van der Waals surface area contributed by atoms with Crippen molar-refractivity contribution in [3.8, 4) is 0 Å². The van der Waals surface area contributed by atoms with E-state index < -0.39 is 0 Å². The summed E-state index contributed by atoms with van der Waals surface area (Å²) in [5.41, 5.74) is 2.69. The second-order valence-corrected chi connectivity index (χ2v) is 9.40. The number of carbonyl (C=O) groups is 2. The topological polar surface area (TPSA) is 43.9 Å². The fraction of sp³-hybridized carbons (Fsp3) is 0.500. The molecule has 2 saturated heterocycles. The number of hydrogen-bond donors (Lipinski definition) is 0. The lowest BCUT2D eigenvalue weighted by Gasteiger charge is -2.34. The van der Waals surface area contributed by atoms with Gasteiger partial charge in [-0.3, -0.25) is 14.5 Å². The van der Waals surface area contributed by atoms with Crippen LogP contribution in [0, 0.1) is 12.8 Å². The molecule has 1 atom stereocenters. The average molecular weight is 426 g/mol. The summed E-state index contributed by atoms with van der Waals surface area (Å²) in [7, 11) is 0. The zero-order valence-corrected chi connectivity index (χ0v) is 18.6. The molecule has 2 aliphatic rings. The lowest BCUT2D eigenvalue weighted by molar-refractivity contribution is -0.136. The van der Waals surface area contributed by atoms with Crippen LogP contribution >= 0.6 is 11.3 Å². The van der Waals surface area contributed by atoms with Crippen LogP contribution in [0.4, 0.5) is 0 Å². The standard InChI is InChI=1S/C24H31N3O2S/c1-19-7-2-3-8-20(19)17-25-11-6-13-26(15-14-25)23(28)21-9-4-12-27(18-21)24(29)22-10-5-16-30-22/h2-3,5,7-8,10,16,21H,4,6,9,11-15,17-18H2,1H3. The van der Waals surface area contributed by atoms with Gasteiger partial charge in [0.25, 0.3) is 5.91 Å². The third-order valence-corrected chi connectivity index (χ3v) is 7.20. The molecule has 0 aliphatic carbocycles. The second-order valence-electron chi connectivity index (χ2n) is 8.45. The van der Waals surface area contributed by atoms with E-state index in [9.17, 15) is 9.59 Å². The van der Waals surface area contributed by atoms with Gasteiger partial charge in [0.2, 0.25) is 5.91 Å². The number of aryl methyl sites for hydroxylation is 1. The highest BCUT2D eigenvalue weighted by atomic mass is 32.1. The first-order valence-electron chi connectivity index (χ1n) is 11.0. The van der Waals surface area contributed by atoms with Crippen LogP contribution < -0.4 is 0 Å². The molecule has 2 aromatic rings. The molecule has 2 aliphatic heterocycles. The summed E-state index contributed by atoms with van der Waals surface area (Å²) >= 11 is 1.47. The normalized spacial score (nSPS) is 20.8. The van der Waals surface area contributed by atoms with E-state index in [0.29, 0.717) is 6.54 Å². The van der Waals surface area contributed by atoms with Gasteiger partial charge in [0, 0.05) is 45.8 Å². The van der Waals surface area contributed by atoms with Gasteiger partial charge in [-0.2, -0.15) is 0 Å². The van der Waals surface area contributed by atoms with Crippen LogP contribution in [0.2, 0.25) is 0 Å². The van der Waals surface area contributed by atoms with Crippen molar-refractivity contribution in [3.05, 3.63) is 57.8 Å². The monoisotopic (exact) mass is 425 g/mol. The summed E-state index contributed by atoms with van der Waals surface area (Å²) in [6, 6.07) is 12.3. The first kappa shape index (κ1) is 21.1. The van der Waals surface area contributed by atoms with E-state index in [4.69, 9.17) is 0 Å². The van der Waals surface area contributed by atoms with Gasteiger partial charge >= 0.3 is 0 Å². The molecule has 0 spiro atoms. The molecule has 6 heteroatoms. The number of carbonyl (C=O) groups excluding carboxylic acids is 2. The Labute approximate surface area is 183 Å². The van der Waals surface area contributed by atoms with Crippen LogP contribution in [0.25, 0.3) is 0 Å². The Morgan fingerprint density at radius 1 is 0.967 bits per heavy atom. The molecule has 0 N–H and O–H groups in total. The lowest BCUT2D eigenvalue weighted by Crippen LogP contribution is -2.47. The first-order chi connectivity index (χ1) is 14.6. The summed E-state index contributed by atoms with van der Waals surface area (Å²) in [6.45, 7) is 7.94. The summed E-state index contributed by atoms with van der Waals surface area (Å²) in [4.78, 5) is 33.1. The zero-order chi connectivity index (χ0) is 20.9. The van der Waals surface area contributed by atoms with E-state index in [-0.39, 0.29) is 17.7 Å². The molecule has 1 aromatic carbocycles. The Kier molecular flexibility index (Phi) is 6.85. The van der Waals surface area contributed by atoms with Gasteiger partial charge in [0.15, 0.2) is 0 Å². The molecule has 4 rings (SSSR count). The smallest absolute Gasteiger partial charge is 0.263 e. The lowest BCUT2D eigenvalue weighted by atomic mass is 9.96. The highest BCUT2D eigenvalue weighted by molar-refractivity contribution is 7.12. The molecular weight excluding hydrogens is 394 g/mol. The van der Waals surface area contributed by atoms with Crippen LogP contribution in [0.3, 0.4) is 0 Å². The number of nitrogens with zero attached hydrogens (tertiary/aromatic N) is 3. The van der Waals surface area contributed by atoms with Gasteiger partial charge in [-0.05, 0) is 48.8 Å². The second kappa shape index (κ2) is 9.75. The molecule has 5 nitrogen and oxygen atoms in total. The molecule has 2 amide bonds. The van der Waals surface area contributed by atoms with Crippen molar-refractivity contribution in [2.45, 2.75) is 32.7 Å². The SMILES string of the molecule is Cc1ccccc1CN1CCCN(C(=O)C2CCCN(C(=O)c3cccs3)C2)CC1. The fourth-order valence-electron chi connectivity index (χ4n) is 4.56. The van der Waals surface area contributed by atoms with Gasteiger partial charge < -0.3 is 9.80 Å². The summed E-state index contributed by atoms with van der Waals surface area (Å²) in [5, 5.41) is 1.93. The third kappa shape index (κ3) is 4.93. The minimum Gasteiger partial charge on any atom is -0.341 e. The maximum absolute atomic E-state index is 13.3. The predicted molar refractivity (Wildman–Crippen MR) is 121 cm³/mol. The van der Waals surface area contributed by atoms with E-state index in [1.54, 1.807) is 0 Å². The molecule has 3 heterocycles. The largest absolute Gasteiger partial charge is 0.341 e. The number of benzene rings is 1. The Morgan fingerprint density at radius 2 is 1.80 bits per heavy atom. The molecule has 30 heavy (non-hydrogen) atoms. The molecule has 160 valence electrons. The van der Waals surface area contributed by atoms with Crippen molar-refractivity contribution in [1.29, 1.82) is 0 Å². The van der Waals surface area contributed by atoms with Gasteiger partial charge in [-0.25, -0.2) is 0 Å². The number of thiophene rings is 1. The average Bonchev–Trinajstić information content (AvgIpc) is 3.21. The van der Waals surface area contributed by atoms with Crippen molar-refractivity contribution >= 4 is 23.2 Å². The van der Waals surface area contributed by atoms with Gasteiger partial charge in [0.1, 0.15) is 0 Å². The van der Waals surface area contributed by atoms with Crippen molar-refractivity contribution in [2.75, 3.05) is 39.3 Å². The third-order valence-electron chi connectivity index (χ3n) is 6.35. The van der Waals surface area contributed by atoms with Crippen molar-refractivity contribution in [3.63, 3.8) is 0 Å². The van der Waals surface area contributed by atoms with Crippen molar-refractivity contribution < 1.29 is 9.59 Å². The van der Waals surface area contributed by atoms with E-state index in [2.05, 4.69) is 36.1 Å². The Bertz CT molecular complexity index is 867. The molecule has 0 bridgehead atoms. The Balaban J connectivity index is 1.33. The van der Waals surface area contributed by atoms with E-state index in [1.807, 2.05) is 27.3 Å². The minimum absolute atomic E-state index is 0.0643. The maximum atomic E-state index is 13.3. The van der Waals surface area contributed by atoms with Gasteiger partial charge in [-0.15, -0.1) is 11.3 Å². The number of piperidine rings is 1. The highest BCUT2D eigenvalue weighted by Gasteiger charge is 2.32. The first-order valence-corrected chi connectivity index (χ1v) is 11.9. The molecule has 1 aromatic heterocycles. The minimum atomic E-state index is -0.0643.